The first-order chi connectivity index (χ1) is 11.2. The number of methoxy groups -OCH3 is 2. The van der Waals surface area contributed by atoms with E-state index in [2.05, 4.69) is 0 Å². The van der Waals surface area contributed by atoms with Gasteiger partial charge in [0.25, 0.3) is 5.91 Å². The van der Waals surface area contributed by atoms with Crippen molar-refractivity contribution >= 4 is 17.6 Å². The molecular weight excluding hydrogens is 294 g/mol. The molecule has 0 N–H and O–H groups in total. The van der Waals surface area contributed by atoms with Crippen molar-refractivity contribution < 1.29 is 19.1 Å². The van der Waals surface area contributed by atoms with Crippen LogP contribution in [0.5, 0.6) is 5.75 Å². The van der Waals surface area contributed by atoms with Gasteiger partial charge in [0.1, 0.15) is 5.75 Å². The third-order valence-electron chi connectivity index (χ3n) is 3.99. The molecule has 0 fully saturated rings. The van der Waals surface area contributed by atoms with Gasteiger partial charge >= 0.3 is 5.97 Å². The molecule has 0 aliphatic carbocycles. The molecule has 0 saturated heterocycles. The summed E-state index contributed by atoms with van der Waals surface area (Å²) in [5.41, 5.74) is 2.80. The Hall–Kier alpha value is -2.82. The molecule has 0 unspecified atom stereocenters. The van der Waals surface area contributed by atoms with Crippen molar-refractivity contribution in [3.8, 4) is 5.75 Å². The highest BCUT2D eigenvalue weighted by atomic mass is 16.5. The minimum absolute atomic E-state index is 0.0593. The van der Waals surface area contributed by atoms with Gasteiger partial charge in [0, 0.05) is 12.1 Å². The van der Waals surface area contributed by atoms with Crippen molar-refractivity contribution in [1.29, 1.82) is 0 Å². The summed E-state index contributed by atoms with van der Waals surface area (Å²) in [6.45, 7) is 0.573. The molecule has 0 atom stereocenters. The van der Waals surface area contributed by atoms with Crippen LogP contribution < -0.4 is 9.64 Å². The molecule has 2 aromatic rings. The molecule has 23 heavy (non-hydrogen) atoms. The van der Waals surface area contributed by atoms with Crippen molar-refractivity contribution in [2.24, 2.45) is 0 Å². The second-order valence-electron chi connectivity index (χ2n) is 5.24. The number of carbonyl (C=O) groups is 2. The van der Waals surface area contributed by atoms with E-state index in [1.54, 1.807) is 23.1 Å². The molecule has 0 radical (unpaired) electrons. The van der Waals surface area contributed by atoms with Crippen molar-refractivity contribution in [2.45, 2.75) is 6.42 Å². The number of fused-ring (bicyclic) bond motifs is 1. The van der Waals surface area contributed by atoms with E-state index < -0.39 is 5.97 Å². The minimum atomic E-state index is -0.440. The standard InChI is InChI=1S/C18H17NO4/c1-22-16-11-13(18(21)23-2)7-8-15(16)19-10-9-12-5-3-4-6-14(12)17(19)20/h3-8,11H,9-10H2,1-2H3. The molecule has 1 amide bonds. The number of rotatable bonds is 3. The molecule has 5 heteroatoms. The van der Waals surface area contributed by atoms with Crippen LogP contribution >= 0.6 is 0 Å². The third-order valence-corrected chi connectivity index (χ3v) is 3.99. The second-order valence-corrected chi connectivity index (χ2v) is 5.24. The number of hydrogen-bond donors (Lipinski definition) is 0. The molecule has 0 saturated carbocycles. The highest BCUT2D eigenvalue weighted by Crippen LogP contribution is 2.33. The molecule has 0 bridgehead atoms. The normalized spacial score (nSPS) is 13.5. The highest BCUT2D eigenvalue weighted by Gasteiger charge is 2.27. The average Bonchev–Trinajstić information content (AvgIpc) is 2.61. The van der Waals surface area contributed by atoms with Gasteiger partial charge in [-0.2, -0.15) is 0 Å². The molecule has 0 spiro atoms. The largest absolute Gasteiger partial charge is 0.495 e. The first kappa shape index (κ1) is 15.1. The minimum Gasteiger partial charge on any atom is -0.495 e. The number of anilines is 1. The fraction of sp³-hybridized carbons (Fsp3) is 0.222. The number of ether oxygens (including phenoxy) is 2. The van der Waals surface area contributed by atoms with Gasteiger partial charge in [-0.05, 0) is 36.2 Å². The summed E-state index contributed by atoms with van der Waals surface area (Å²) in [6, 6.07) is 12.6. The highest BCUT2D eigenvalue weighted by molar-refractivity contribution is 6.09. The van der Waals surface area contributed by atoms with E-state index in [1.165, 1.54) is 14.2 Å². The zero-order valence-electron chi connectivity index (χ0n) is 13.0. The molecule has 118 valence electrons. The zero-order chi connectivity index (χ0) is 16.4. The van der Waals surface area contributed by atoms with Gasteiger partial charge in [0.2, 0.25) is 0 Å². The predicted molar refractivity (Wildman–Crippen MR) is 86.2 cm³/mol. The Bertz CT molecular complexity index is 769. The van der Waals surface area contributed by atoms with Crippen molar-refractivity contribution in [1.82, 2.24) is 0 Å². The zero-order valence-corrected chi connectivity index (χ0v) is 13.0. The number of benzene rings is 2. The summed E-state index contributed by atoms with van der Waals surface area (Å²) in [5.74, 6) is -0.0261. The lowest BCUT2D eigenvalue weighted by atomic mass is 9.98. The molecule has 5 nitrogen and oxygen atoms in total. The van der Waals surface area contributed by atoms with Crippen LogP contribution in [0.25, 0.3) is 0 Å². The lowest BCUT2D eigenvalue weighted by Gasteiger charge is -2.29. The van der Waals surface area contributed by atoms with Crippen LogP contribution in [0.3, 0.4) is 0 Å². The predicted octanol–water partition coefficient (Wildman–Crippen LogP) is 2.68. The molecule has 3 rings (SSSR count). The second kappa shape index (κ2) is 6.12. The van der Waals surface area contributed by atoms with Crippen LogP contribution in [-0.4, -0.2) is 32.6 Å². The van der Waals surface area contributed by atoms with Crippen molar-refractivity contribution in [2.75, 3.05) is 25.7 Å². The lowest BCUT2D eigenvalue weighted by Crippen LogP contribution is -2.37. The van der Waals surface area contributed by atoms with Gasteiger partial charge in [0.15, 0.2) is 0 Å². The number of amides is 1. The van der Waals surface area contributed by atoms with Crippen LogP contribution in [-0.2, 0) is 11.2 Å². The summed E-state index contributed by atoms with van der Waals surface area (Å²) in [7, 11) is 2.84. The van der Waals surface area contributed by atoms with Gasteiger partial charge < -0.3 is 14.4 Å². The monoisotopic (exact) mass is 311 g/mol. The van der Waals surface area contributed by atoms with E-state index in [-0.39, 0.29) is 5.91 Å². The van der Waals surface area contributed by atoms with E-state index in [1.807, 2.05) is 24.3 Å². The van der Waals surface area contributed by atoms with Gasteiger partial charge in [-0.3, -0.25) is 4.79 Å². The van der Waals surface area contributed by atoms with Crippen LogP contribution in [0.15, 0.2) is 42.5 Å². The first-order valence-electron chi connectivity index (χ1n) is 7.32. The Morgan fingerprint density at radius 1 is 1.13 bits per heavy atom. The maximum Gasteiger partial charge on any atom is 0.337 e. The Labute approximate surface area is 134 Å². The molecule has 1 heterocycles. The topological polar surface area (TPSA) is 55.8 Å². The van der Waals surface area contributed by atoms with Gasteiger partial charge in [-0.15, -0.1) is 0 Å². The molecule has 1 aliphatic rings. The fourth-order valence-electron chi connectivity index (χ4n) is 2.80. The first-order valence-corrected chi connectivity index (χ1v) is 7.32. The van der Waals surface area contributed by atoms with Crippen LogP contribution in [0, 0.1) is 0 Å². The summed E-state index contributed by atoms with van der Waals surface area (Å²) in [4.78, 5) is 26.1. The number of carbonyl (C=O) groups excluding carboxylic acids is 2. The summed E-state index contributed by atoms with van der Waals surface area (Å²) < 4.78 is 10.1. The summed E-state index contributed by atoms with van der Waals surface area (Å²) in [5, 5.41) is 0. The van der Waals surface area contributed by atoms with E-state index in [9.17, 15) is 9.59 Å². The van der Waals surface area contributed by atoms with Crippen LogP contribution in [0.4, 0.5) is 5.69 Å². The number of hydrogen-bond acceptors (Lipinski definition) is 4. The lowest BCUT2D eigenvalue weighted by molar-refractivity contribution is 0.0600. The third kappa shape index (κ3) is 2.65. The van der Waals surface area contributed by atoms with Crippen LogP contribution in [0.1, 0.15) is 26.3 Å². The smallest absolute Gasteiger partial charge is 0.337 e. The number of nitrogens with zero attached hydrogens (tertiary/aromatic N) is 1. The van der Waals surface area contributed by atoms with E-state index in [0.29, 0.717) is 29.1 Å². The van der Waals surface area contributed by atoms with E-state index >= 15 is 0 Å². The molecule has 1 aliphatic heterocycles. The average molecular weight is 311 g/mol. The quantitative estimate of drug-likeness (QED) is 0.818. The maximum atomic E-state index is 12.7. The van der Waals surface area contributed by atoms with Crippen LogP contribution in [0.2, 0.25) is 0 Å². The molecular formula is C18H17NO4. The SMILES string of the molecule is COC(=O)c1ccc(N2CCc3ccccc3C2=O)c(OC)c1. The van der Waals surface area contributed by atoms with E-state index in [0.717, 1.165) is 12.0 Å². The molecule has 0 aromatic heterocycles. The van der Waals surface area contributed by atoms with Crippen molar-refractivity contribution in [3.63, 3.8) is 0 Å². The Morgan fingerprint density at radius 3 is 2.65 bits per heavy atom. The van der Waals surface area contributed by atoms with Gasteiger partial charge in [0.05, 0.1) is 25.5 Å². The summed E-state index contributed by atoms with van der Waals surface area (Å²) in [6.07, 6.45) is 0.782. The van der Waals surface area contributed by atoms with E-state index in [4.69, 9.17) is 9.47 Å². The Morgan fingerprint density at radius 2 is 1.91 bits per heavy atom. The van der Waals surface area contributed by atoms with Gasteiger partial charge in [-0.25, -0.2) is 4.79 Å². The Balaban J connectivity index is 1.99. The maximum absolute atomic E-state index is 12.7. The summed E-state index contributed by atoms with van der Waals surface area (Å²) >= 11 is 0. The van der Waals surface area contributed by atoms with Crippen molar-refractivity contribution in [3.05, 3.63) is 59.2 Å². The van der Waals surface area contributed by atoms with Gasteiger partial charge in [-0.1, -0.05) is 18.2 Å². The fourth-order valence-corrected chi connectivity index (χ4v) is 2.80. The Kier molecular flexibility index (Phi) is 4.02. The molecule has 2 aromatic carbocycles. The number of esters is 1.